The summed E-state index contributed by atoms with van der Waals surface area (Å²) >= 11 is 1.28. The van der Waals surface area contributed by atoms with Crippen LogP contribution in [0.1, 0.15) is 48.4 Å². The van der Waals surface area contributed by atoms with Gasteiger partial charge in [0.05, 0.1) is 17.8 Å². The molecule has 0 saturated heterocycles. The van der Waals surface area contributed by atoms with Crippen molar-refractivity contribution in [1.29, 1.82) is 0 Å². The van der Waals surface area contributed by atoms with Gasteiger partial charge in [-0.1, -0.05) is 6.42 Å². The first-order chi connectivity index (χ1) is 13.7. The lowest BCUT2D eigenvalue weighted by molar-refractivity contribution is -0.138. The van der Waals surface area contributed by atoms with Crippen LogP contribution in [-0.2, 0) is 12.8 Å². The van der Waals surface area contributed by atoms with E-state index in [0.29, 0.717) is 28.4 Å². The summed E-state index contributed by atoms with van der Waals surface area (Å²) in [5, 5.41) is 26.5. The quantitative estimate of drug-likeness (QED) is 0.375. The fraction of sp³-hybridized carbons (Fsp3) is 0.500. The summed E-state index contributed by atoms with van der Waals surface area (Å²) in [6, 6.07) is 2.65. The van der Waals surface area contributed by atoms with Crippen LogP contribution in [0.4, 0.5) is 23.9 Å². The maximum absolute atomic E-state index is 13.1. The predicted octanol–water partition coefficient (Wildman–Crippen LogP) is 5.20. The number of aliphatic hydroxyl groups excluding tert-OH is 1. The van der Waals surface area contributed by atoms with Crippen LogP contribution in [0, 0.1) is 0 Å². The van der Waals surface area contributed by atoms with E-state index in [1.807, 2.05) is 0 Å². The molecule has 3 rings (SSSR count). The van der Waals surface area contributed by atoms with Crippen molar-refractivity contribution in [1.82, 2.24) is 0 Å². The minimum absolute atomic E-state index is 0.0197. The molecule has 2 aromatic rings. The first kappa shape index (κ1) is 21.6. The van der Waals surface area contributed by atoms with E-state index in [2.05, 4.69) is 10.6 Å². The molecule has 0 radical (unpaired) electrons. The van der Waals surface area contributed by atoms with Crippen LogP contribution in [0.5, 0.6) is 11.5 Å². The van der Waals surface area contributed by atoms with Gasteiger partial charge < -0.3 is 25.6 Å². The average molecular weight is 430 g/mol. The zero-order valence-corrected chi connectivity index (χ0v) is 17.1. The molecule has 1 aromatic carbocycles. The number of nitrogens with one attached hydrogen (secondary N) is 2. The third kappa shape index (κ3) is 4.90. The number of fused-ring (bicyclic) bond motifs is 1. The van der Waals surface area contributed by atoms with E-state index in [9.17, 15) is 23.4 Å². The lowest BCUT2D eigenvalue weighted by atomic mass is 10.0. The molecule has 1 aliphatic rings. The minimum atomic E-state index is -4.40. The molecule has 1 aromatic heterocycles. The number of methoxy groups -OCH3 is 1. The summed E-state index contributed by atoms with van der Waals surface area (Å²) in [7, 11) is 1.46. The number of alkyl halides is 3. The largest absolute Gasteiger partial charge is 0.508 e. The number of anilines is 2. The second-order valence-electron chi connectivity index (χ2n) is 7.15. The number of phenolic OH excluding ortho intramolecular Hbond substituents is 1. The monoisotopic (exact) mass is 430 g/mol. The molecule has 5 nitrogen and oxygen atoms in total. The maximum atomic E-state index is 13.1. The maximum Gasteiger partial charge on any atom is 0.408 e. The Labute approximate surface area is 171 Å². The second kappa shape index (κ2) is 8.71. The second-order valence-corrected chi connectivity index (χ2v) is 8.25. The van der Waals surface area contributed by atoms with Crippen molar-refractivity contribution in [2.75, 3.05) is 17.7 Å². The Balaban J connectivity index is 1.97. The Morgan fingerprint density at radius 1 is 1.14 bits per heavy atom. The number of hydrogen-bond acceptors (Lipinski definition) is 6. The highest BCUT2D eigenvalue weighted by Gasteiger charge is 2.37. The molecule has 2 atom stereocenters. The highest BCUT2D eigenvalue weighted by atomic mass is 32.1. The molecular formula is C20H25F3N2O3S. The van der Waals surface area contributed by atoms with Crippen LogP contribution in [0.3, 0.4) is 0 Å². The number of phenols is 1. The number of rotatable bonds is 6. The summed E-state index contributed by atoms with van der Waals surface area (Å²) in [4.78, 5) is 1.01. The van der Waals surface area contributed by atoms with Gasteiger partial charge in [0.1, 0.15) is 17.5 Å². The molecule has 160 valence electrons. The van der Waals surface area contributed by atoms with E-state index in [1.165, 1.54) is 30.6 Å². The number of aryl methyl sites for hydroxylation is 1. The van der Waals surface area contributed by atoms with E-state index in [0.717, 1.165) is 43.0 Å². The number of ether oxygens (including phenoxy) is 1. The smallest absolute Gasteiger partial charge is 0.408 e. The van der Waals surface area contributed by atoms with Crippen molar-refractivity contribution in [2.45, 2.75) is 57.5 Å². The molecule has 9 heteroatoms. The van der Waals surface area contributed by atoms with Gasteiger partial charge in [-0.15, -0.1) is 11.3 Å². The fourth-order valence-corrected chi connectivity index (χ4v) is 4.88. The first-order valence-electron chi connectivity index (χ1n) is 9.50. The summed E-state index contributed by atoms with van der Waals surface area (Å²) < 4.78 is 44.6. The zero-order valence-electron chi connectivity index (χ0n) is 16.3. The van der Waals surface area contributed by atoms with Gasteiger partial charge in [-0.2, -0.15) is 13.2 Å². The Morgan fingerprint density at radius 3 is 2.55 bits per heavy atom. The lowest BCUT2D eigenvalue weighted by Gasteiger charge is -2.22. The third-order valence-electron chi connectivity index (χ3n) is 5.05. The van der Waals surface area contributed by atoms with Gasteiger partial charge in [-0.05, 0) is 50.3 Å². The molecule has 0 fully saturated rings. The molecule has 0 bridgehead atoms. The molecule has 0 amide bonds. The van der Waals surface area contributed by atoms with Gasteiger partial charge in [0, 0.05) is 16.5 Å². The molecule has 29 heavy (non-hydrogen) atoms. The van der Waals surface area contributed by atoms with E-state index in [1.54, 1.807) is 6.07 Å². The Kier molecular flexibility index (Phi) is 6.48. The molecule has 2 unspecified atom stereocenters. The van der Waals surface area contributed by atoms with Gasteiger partial charge in [-0.3, -0.25) is 0 Å². The van der Waals surface area contributed by atoms with Gasteiger partial charge >= 0.3 is 6.18 Å². The van der Waals surface area contributed by atoms with Crippen molar-refractivity contribution in [3.05, 3.63) is 34.2 Å². The average Bonchev–Trinajstić information content (AvgIpc) is 2.82. The van der Waals surface area contributed by atoms with Crippen LogP contribution in [-0.4, -0.2) is 29.5 Å². The topological polar surface area (TPSA) is 73.8 Å². The van der Waals surface area contributed by atoms with Crippen LogP contribution in [0.15, 0.2) is 18.2 Å². The van der Waals surface area contributed by atoms with Gasteiger partial charge in [-0.25, -0.2) is 0 Å². The van der Waals surface area contributed by atoms with Crippen molar-refractivity contribution in [3.8, 4) is 11.5 Å². The summed E-state index contributed by atoms with van der Waals surface area (Å²) in [6.07, 6.45) is -1.21. The van der Waals surface area contributed by atoms with Gasteiger partial charge in [0.2, 0.25) is 0 Å². The fourth-order valence-electron chi connectivity index (χ4n) is 3.47. The zero-order chi connectivity index (χ0) is 21.2. The van der Waals surface area contributed by atoms with E-state index in [-0.39, 0.29) is 5.75 Å². The van der Waals surface area contributed by atoms with E-state index < -0.39 is 18.4 Å². The van der Waals surface area contributed by atoms with E-state index >= 15 is 0 Å². The van der Waals surface area contributed by atoms with Crippen molar-refractivity contribution < 1.29 is 28.1 Å². The number of thiophene rings is 1. The van der Waals surface area contributed by atoms with Gasteiger partial charge in [0.25, 0.3) is 0 Å². The molecule has 0 spiro atoms. The SMILES string of the molecule is COc1ccc(O)cc1NC(O)c1c(NC(C)C(F)(F)F)sc2c1CCCCC2. The highest BCUT2D eigenvalue weighted by Crippen LogP contribution is 2.43. The molecular weight excluding hydrogens is 405 g/mol. The number of aliphatic hydroxyl groups is 1. The minimum Gasteiger partial charge on any atom is -0.508 e. The predicted molar refractivity (Wildman–Crippen MR) is 108 cm³/mol. The first-order valence-corrected chi connectivity index (χ1v) is 10.3. The normalized spacial score (nSPS) is 16.5. The number of hydrogen-bond donors (Lipinski definition) is 4. The molecule has 0 aliphatic heterocycles. The Morgan fingerprint density at radius 2 is 1.86 bits per heavy atom. The van der Waals surface area contributed by atoms with Crippen LogP contribution < -0.4 is 15.4 Å². The summed E-state index contributed by atoms with van der Waals surface area (Å²) in [6.45, 7) is 1.06. The van der Waals surface area contributed by atoms with Gasteiger partial charge in [0.15, 0.2) is 6.23 Å². The van der Waals surface area contributed by atoms with Crippen LogP contribution in [0.25, 0.3) is 0 Å². The summed E-state index contributed by atoms with van der Waals surface area (Å²) in [5.74, 6) is 0.384. The number of aromatic hydroxyl groups is 1. The van der Waals surface area contributed by atoms with Crippen LogP contribution in [0.2, 0.25) is 0 Å². The number of halogens is 3. The lowest BCUT2D eigenvalue weighted by Crippen LogP contribution is -2.33. The summed E-state index contributed by atoms with van der Waals surface area (Å²) in [5.41, 5.74) is 1.69. The molecule has 0 saturated carbocycles. The van der Waals surface area contributed by atoms with Crippen molar-refractivity contribution in [3.63, 3.8) is 0 Å². The van der Waals surface area contributed by atoms with Crippen molar-refractivity contribution in [2.24, 2.45) is 0 Å². The van der Waals surface area contributed by atoms with Crippen molar-refractivity contribution >= 4 is 22.0 Å². The standard InChI is InChI=1S/C20H25F3N2O3S/c1-11(20(21,22)23)24-19-17(13-6-4-3-5-7-16(13)29-19)18(27)25-14-10-12(26)8-9-15(14)28-2/h8-11,18,24-27H,3-7H2,1-2H3. The van der Waals surface area contributed by atoms with Crippen LogP contribution >= 0.6 is 11.3 Å². The number of benzene rings is 1. The molecule has 1 aliphatic carbocycles. The van der Waals surface area contributed by atoms with E-state index in [4.69, 9.17) is 4.74 Å². The highest BCUT2D eigenvalue weighted by molar-refractivity contribution is 7.16. The molecule has 4 N–H and O–H groups in total. The Hall–Kier alpha value is -2.13. The molecule has 1 heterocycles. The Bertz CT molecular complexity index is 854. The third-order valence-corrected chi connectivity index (χ3v) is 6.29.